The van der Waals surface area contributed by atoms with Gasteiger partial charge >= 0.3 is 0 Å². The van der Waals surface area contributed by atoms with Gasteiger partial charge < -0.3 is 10.5 Å². The molecule has 0 radical (unpaired) electrons. The zero-order valence-corrected chi connectivity index (χ0v) is 13.5. The van der Waals surface area contributed by atoms with Gasteiger partial charge in [0.2, 0.25) is 0 Å². The maximum Gasteiger partial charge on any atom is 0.119 e. The van der Waals surface area contributed by atoms with Gasteiger partial charge in [-0.1, -0.05) is 12.1 Å². The van der Waals surface area contributed by atoms with Crippen LogP contribution in [-0.4, -0.2) is 29.1 Å². The zero-order valence-electron chi connectivity index (χ0n) is 13.5. The van der Waals surface area contributed by atoms with Crippen molar-refractivity contribution in [3.63, 3.8) is 0 Å². The Bertz CT molecular complexity index is 457. The lowest BCUT2D eigenvalue weighted by Crippen LogP contribution is -2.48. The number of hydrogen-bond donors (Lipinski definition) is 1. The summed E-state index contributed by atoms with van der Waals surface area (Å²) >= 11 is 0. The van der Waals surface area contributed by atoms with E-state index in [1.165, 1.54) is 18.4 Å². The van der Waals surface area contributed by atoms with Crippen LogP contribution in [0.2, 0.25) is 0 Å². The Kier molecular flexibility index (Phi) is 4.23. The van der Waals surface area contributed by atoms with Gasteiger partial charge in [0.15, 0.2) is 0 Å². The highest BCUT2D eigenvalue weighted by Crippen LogP contribution is 2.41. The first-order valence-electron chi connectivity index (χ1n) is 8.34. The molecule has 2 saturated heterocycles. The molecule has 0 spiro atoms. The maximum atomic E-state index is 6.18. The summed E-state index contributed by atoms with van der Waals surface area (Å²) in [7, 11) is 0. The van der Waals surface area contributed by atoms with Crippen LogP contribution >= 0.6 is 0 Å². The molecule has 2 bridgehead atoms. The summed E-state index contributed by atoms with van der Waals surface area (Å²) in [6, 6.07) is 10.9. The van der Waals surface area contributed by atoms with Crippen molar-refractivity contribution in [3.8, 4) is 5.75 Å². The highest BCUT2D eigenvalue weighted by Gasteiger charge is 2.41. The van der Waals surface area contributed by atoms with Crippen LogP contribution in [0.15, 0.2) is 24.3 Å². The molecule has 0 aliphatic carbocycles. The number of hydrogen-bond acceptors (Lipinski definition) is 3. The third kappa shape index (κ3) is 3.09. The first kappa shape index (κ1) is 14.9. The van der Waals surface area contributed by atoms with Crippen molar-refractivity contribution in [2.24, 2.45) is 5.73 Å². The molecule has 3 nitrogen and oxygen atoms in total. The average Bonchev–Trinajstić information content (AvgIpc) is 2.70. The van der Waals surface area contributed by atoms with Gasteiger partial charge in [0, 0.05) is 24.2 Å². The summed E-state index contributed by atoms with van der Waals surface area (Å²) in [6.07, 6.45) is 5.19. The molecule has 3 unspecified atom stereocenters. The summed E-state index contributed by atoms with van der Waals surface area (Å²) in [5, 5.41) is 0. The smallest absolute Gasteiger partial charge is 0.119 e. The fourth-order valence-corrected chi connectivity index (χ4v) is 4.16. The lowest BCUT2D eigenvalue weighted by molar-refractivity contribution is 0.0853. The molecule has 3 rings (SSSR count). The number of rotatable bonds is 4. The van der Waals surface area contributed by atoms with Crippen LogP contribution in [0.4, 0.5) is 0 Å². The van der Waals surface area contributed by atoms with E-state index in [4.69, 9.17) is 10.5 Å². The molecule has 116 valence electrons. The summed E-state index contributed by atoms with van der Waals surface area (Å²) in [6.45, 7) is 6.46. The van der Waals surface area contributed by atoms with E-state index < -0.39 is 0 Å². The monoisotopic (exact) mass is 288 g/mol. The van der Waals surface area contributed by atoms with Gasteiger partial charge in [0.05, 0.1) is 6.10 Å². The van der Waals surface area contributed by atoms with Crippen molar-refractivity contribution in [1.29, 1.82) is 0 Å². The van der Waals surface area contributed by atoms with E-state index in [0.29, 0.717) is 24.2 Å². The van der Waals surface area contributed by atoms with Gasteiger partial charge in [0.1, 0.15) is 5.75 Å². The molecule has 1 aromatic carbocycles. The maximum absolute atomic E-state index is 6.18. The number of benzene rings is 1. The van der Waals surface area contributed by atoms with Crippen LogP contribution in [0.3, 0.4) is 0 Å². The highest BCUT2D eigenvalue weighted by molar-refractivity contribution is 5.29. The second-order valence-corrected chi connectivity index (χ2v) is 6.98. The van der Waals surface area contributed by atoms with Crippen molar-refractivity contribution in [1.82, 2.24) is 4.90 Å². The van der Waals surface area contributed by atoms with Gasteiger partial charge in [0.25, 0.3) is 0 Å². The van der Waals surface area contributed by atoms with Crippen LogP contribution in [0.25, 0.3) is 0 Å². The predicted molar refractivity (Wildman–Crippen MR) is 86.5 cm³/mol. The second-order valence-electron chi connectivity index (χ2n) is 6.98. The second kappa shape index (κ2) is 5.98. The Hall–Kier alpha value is -1.06. The molecule has 2 N–H and O–H groups in total. The van der Waals surface area contributed by atoms with Gasteiger partial charge in [-0.3, -0.25) is 4.90 Å². The standard InChI is InChI=1S/C18H28N2O/c1-12(2)21-18-8-4-14(5-9-18)13(3)20-16-6-7-17(20)11-15(19)10-16/h4-5,8-9,12-13,15-17H,6-7,10-11,19H2,1-3H3. The van der Waals surface area contributed by atoms with Crippen LogP contribution < -0.4 is 10.5 Å². The van der Waals surface area contributed by atoms with E-state index >= 15 is 0 Å². The summed E-state index contributed by atoms with van der Waals surface area (Å²) in [5.74, 6) is 0.963. The van der Waals surface area contributed by atoms with Gasteiger partial charge in [-0.05, 0) is 64.2 Å². The topological polar surface area (TPSA) is 38.5 Å². The Morgan fingerprint density at radius 3 is 2.14 bits per heavy atom. The van der Waals surface area contributed by atoms with Crippen molar-refractivity contribution in [2.75, 3.05) is 0 Å². The summed E-state index contributed by atoms with van der Waals surface area (Å²) < 4.78 is 5.73. The zero-order chi connectivity index (χ0) is 15.0. The molecular formula is C18H28N2O. The quantitative estimate of drug-likeness (QED) is 0.921. The normalized spacial score (nSPS) is 30.6. The van der Waals surface area contributed by atoms with Crippen LogP contribution in [0.5, 0.6) is 5.75 Å². The van der Waals surface area contributed by atoms with Crippen molar-refractivity contribution >= 4 is 0 Å². The Morgan fingerprint density at radius 1 is 1.05 bits per heavy atom. The molecule has 0 aromatic heterocycles. The van der Waals surface area contributed by atoms with Crippen molar-refractivity contribution in [2.45, 2.75) is 76.7 Å². The van der Waals surface area contributed by atoms with Crippen LogP contribution in [-0.2, 0) is 0 Å². The van der Waals surface area contributed by atoms with E-state index in [2.05, 4.69) is 49.9 Å². The minimum Gasteiger partial charge on any atom is -0.491 e. The first-order valence-corrected chi connectivity index (χ1v) is 8.34. The molecule has 2 heterocycles. The summed E-state index contributed by atoms with van der Waals surface area (Å²) in [5.41, 5.74) is 7.57. The molecule has 1 aromatic rings. The molecule has 2 fully saturated rings. The fourth-order valence-electron chi connectivity index (χ4n) is 4.16. The third-order valence-corrected chi connectivity index (χ3v) is 5.01. The third-order valence-electron chi connectivity index (χ3n) is 5.01. The number of piperidine rings is 1. The largest absolute Gasteiger partial charge is 0.491 e. The highest BCUT2D eigenvalue weighted by atomic mass is 16.5. The van der Waals surface area contributed by atoms with Gasteiger partial charge in [-0.2, -0.15) is 0 Å². The molecule has 3 atom stereocenters. The van der Waals surface area contributed by atoms with Gasteiger partial charge in [-0.15, -0.1) is 0 Å². The van der Waals surface area contributed by atoms with E-state index in [1.54, 1.807) is 0 Å². The SMILES string of the molecule is CC(C)Oc1ccc(C(C)N2C3CCC2CC(N)C3)cc1. The van der Waals surface area contributed by atoms with E-state index in [9.17, 15) is 0 Å². The lowest BCUT2D eigenvalue weighted by atomic mass is 9.94. The number of fused-ring (bicyclic) bond motifs is 2. The minimum absolute atomic E-state index is 0.229. The van der Waals surface area contributed by atoms with Crippen molar-refractivity contribution in [3.05, 3.63) is 29.8 Å². The van der Waals surface area contributed by atoms with E-state index in [-0.39, 0.29) is 6.10 Å². The van der Waals surface area contributed by atoms with Gasteiger partial charge in [-0.25, -0.2) is 0 Å². The average molecular weight is 288 g/mol. The van der Waals surface area contributed by atoms with Crippen LogP contribution in [0, 0.1) is 0 Å². The Morgan fingerprint density at radius 2 is 1.62 bits per heavy atom. The molecule has 0 amide bonds. The number of nitrogens with two attached hydrogens (primary N) is 1. The Balaban J connectivity index is 1.72. The number of ether oxygens (including phenoxy) is 1. The molecule has 2 aliphatic heterocycles. The molecule has 3 heteroatoms. The predicted octanol–water partition coefficient (Wildman–Crippen LogP) is 3.49. The fraction of sp³-hybridized carbons (Fsp3) is 0.667. The molecule has 0 saturated carbocycles. The molecular weight excluding hydrogens is 260 g/mol. The van der Waals surface area contributed by atoms with Crippen LogP contribution in [0.1, 0.15) is 58.1 Å². The lowest BCUT2D eigenvalue weighted by Gasteiger charge is -2.41. The van der Waals surface area contributed by atoms with E-state index in [1.807, 2.05) is 0 Å². The van der Waals surface area contributed by atoms with Crippen molar-refractivity contribution < 1.29 is 4.74 Å². The first-order chi connectivity index (χ1) is 10.0. The minimum atomic E-state index is 0.229. The summed E-state index contributed by atoms with van der Waals surface area (Å²) in [4.78, 5) is 2.71. The molecule has 21 heavy (non-hydrogen) atoms. The van der Waals surface area contributed by atoms with E-state index in [0.717, 1.165) is 18.6 Å². The molecule has 2 aliphatic rings. The Labute approximate surface area is 128 Å². The number of nitrogens with zero attached hydrogens (tertiary/aromatic N) is 1.